The highest BCUT2D eigenvalue weighted by Gasteiger charge is 2.40. The second-order valence-electron chi connectivity index (χ2n) is 2.26. The number of ether oxygens (including phenoxy) is 2. The van der Waals surface area contributed by atoms with Crippen molar-refractivity contribution < 1.29 is 19.7 Å². The average Bonchev–Trinajstić information content (AvgIpc) is 2.17. The Morgan fingerprint density at radius 2 is 2.00 bits per heavy atom. The molecule has 0 saturated carbocycles. The molecule has 0 aromatic rings. The minimum Gasteiger partial charge on any atom is -0.387 e. The van der Waals surface area contributed by atoms with Gasteiger partial charge in [0.2, 0.25) is 0 Å². The predicted molar refractivity (Wildman–Crippen MR) is 33.0 cm³/mol. The van der Waals surface area contributed by atoms with Gasteiger partial charge in [-0.25, -0.2) is 0 Å². The van der Waals surface area contributed by atoms with Crippen molar-refractivity contribution in [1.82, 2.24) is 0 Å². The van der Waals surface area contributed by atoms with E-state index in [1.807, 2.05) is 0 Å². The molecule has 59 valence electrons. The van der Waals surface area contributed by atoms with Gasteiger partial charge in [0.05, 0.1) is 6.10 Å². The quantitative estimate of drug-likeness (QED) is 0.495. The maximum Gasteiger partial charge on any atom is 0.186 e. The zero-order valence-electron chi connectivity index (χ0n) is 5.73. The van der Waals surface area contributed by atoms with Crippen LogP contribution in [0.4, 0.5) is 0 Å². The molecule has 1 aliphatic rings. The summed E-state index contributed by atoms with van der Waals surface area (Å²) in [5, 5.41) is 18.1. The van der Waals surface area contributed by atoms with Crippen molar-refractivity contribution in [3.63, 3.8) is 0 Å². The van der Waals surface area contributed by atoms with Crippen LogP contribution in [0.1, 0.15) is 0 Å². The maximum absolute atomic E-state index is 9.09. The van der Waals surface area contributed by atoms with Gasteiger partial charge < -0.3 is 19.7 Å². The van der Waals surface area contributed by atoms with Crippen molar-refractivity contribution in [3.8, 4) is 0 Å². The SMILES string of the molecule is [CH2][C@H]1OC(OC)[C@H](O)[C@@H]1O. The van der Waals surface area contributed by atoms with E-state index in [0.717, 1.165) is 0 Å². The molecule has 0 bridgehead atoms. The van der Waals surface area contributed by atoms with Gasteiger partial charge in [-0.1, -0.05) is 0 Å². The molecule has 0 aromatic carbocycles. The Morgan fingerprint density at radius 1 is 1.40 bits per heavy atom. The van der Waals surface area contributed by atoms with Crippen LogP contribution in [-0.2, 0) is 9.47 Å². The van der Waals surface area contributed by atoms with Crippen LogP contribution in [0.15, 0.2) is 0 Å². The summed E-state index contributed by atoms with van der Waals surface area (Å²) in [5.74, 6) is 0. The maximum atomic E-state index is 9.09. The fourth-order valence-corrected chi connectivity index (χ4v) is 0.909. The van der Waals surface area contributed by atoms with Gasteiger partial charge in [0.1, 0.15) is 12.2 Å². The second-order valence-corrected chi connectivity index (χ2v) is 2.26. The van der Waals surface area contributed by atoms with E-state index in [9.17, 15) is 0 Å². The molecule has 0 aliphatic carbocycles. The van der Waals surface area contributed by atoms with Gasteiger partial charge in [-0.3, -0.25) is 0 Å². The first-order chi connectivity index (χ1) is 4.66. The van der Waals surface area contributed by atoms with Gasteiger partial charge in [0.25, 0.3) is 0 Å². The van der Waals surface area contributed by atoms with Crippen LogP contribution in [0, 0.1) is 6.92 Å². The smallest absolute Gasteiger partial charge is 0.186 e. The van der Waals surface area contributed by atoms with Crippen molar-refractivity contribution >= 4 is 0 Å². The first-order valence-electron chi connectivity index (χ1n) is 3.04. The van der Waals surface area contributed by atoms with E-state index in [4.69, 9.17) is 19.7 Å². The monoisotopic (exact) mass is 147 g/mol. The average molecular weight is 147 g/mol. The molecule has 1 rings (SSSR count). The number of methoxy groups -OCH3 is 1. The Kier molecular flexibility index (Phi) is 2.25. The first-order valence-corrected chi connectivity index (χ1v) is 3.04. The topological polar surface area (TPSA) is 58.9 Å². The Morgan fingerprint density at radius 3 is 2.20 bits per heavy atom. The van der Waals surface area contributed by atoms with Crippen LogP contribution >= 0.6 is 0 Å². The Bertz CT molecular complexity index is 116. The lowest BCUT2D eigenvalue weighted by Gasteiger charge is -2.11. The molecule has 4 heteroatoms. The minimum absolute atomic E-state index is 0.597. The van der Waals surface area contributed by atoms with Gasteiger partial charge in [-0.15, -0.1) is 0 Å². The fraction of sp³-hybridized carbons (Fsp3) is 0.833. The van der Waals surface area contributed by atoms with Gasteiger partial charge in [0.15, 0.2) is 6.29 Å². The largest absolute Gasteiger partial charge is 0.387 e. The molecular formula is C6H11O4. The second kappa shape index (κ2) is 2.84. The summed E-state index contributed by atoms with van der Waals surface area (Å²) in [6, 6.07) is 0. The Labute approximate surface area is 59.4 Å². The lowest BCUT2D eigenvalue weighted by atomic mass is 10.2. The van der Waals surface area contributed by atoms with E-state index in [1.165, 1.54) is 7.11 Å². The molecule has 0 amide bonds. The van der Waals surface area contributed by atoms with E-state index in [2.05, 4.69) is 6.92 Å². The lowest BCUT2D eigenvalue weighted by molar-refractivity contribution is -0.143. The Balaban J connectivity index is 2.53. The number of aliphatic hydroxyl groups excluding tert-OH is 2. The Hall–Kier alpha value is -0.160. The van der Waals surface area contributed by atoms with Gasteiger partial charge in [-0.05, 0) is 6.92 Å². The van der Waals surface area contributed by atoms with Gasteiger partial charge in [0, 0.05) is 7.11 Å². The summed E-state index contributed by atoms with van der Waals surface area (Å²) >= 11 is 0. The molecule has 10 heavy (non-hydrogen) atoms. The molecule has 0 spiro atoms. The van der Waals surface area contributed by atoms with Crippen molar-refractivity contribution in [1.29, 1.82) is 0 Å². The molecule has 1 unspecified atom stereocenters. The predicted octanol–water partition coefficient (Wildman–Crippen LogP) is -1.09. The molecule has 1 aliphatic heterocycles. The van der Waals surface area contributed by atoms with Crippen molar-refractivity contribution in [2.24, 2.45) is 0 Å². The summed E-state index contributed by atoms with van der Waals surface area (Å²) in [7, 11) is 1.40. The zero-order chi connectivity index (χ0) is 7.72. The highest BCUT2D eigenvalue weighted by Crippen LogP contribution is 2.20. The third kappa shape index (κ3) is 1.15. The van der Waals surface area contributed by atoms with E-state index >= 15 is 0 Å². The third-order valence-corrected chi connectivity index (χ3v) is 1.55. The molecule has 0 aromatic heterocycles. The van der Waals surface area contributed by atoms with Gasteiger partial charge >= 0.3 is 0 Å². The minimum atomic E-state index is -0.979. The van der Waals surface area contributed by atoms with E-state index in [-0.39, 0.29) is 0 Å². The summed E-state index contributed by atoms with van der Waals surface area (Å²) < 4.78 is 9.59. The molecule has 1 fully saturated rings. The van der Waals surface area contributed by atoms with Crippen LogP contribution in [0.2, 0.25) is 0 Å². The fourth-order valence-electron chi connectivity index (χ4n) is 0.909. The number of hydrogen-bond acceptors (Lipinski definition) is 4. The van der Waals surface area contributed by atoms with E-state index < -0.39 is 24.6 Å². The molecule has 4 atom stereocenters. The van der Waals surface area contributed by atoms with Crippen LogP contribution in [0.5, 0.6) is 0 Å². The highest BCUT2D eigenvalue weighted by atomic mass is 16.7. The van der Waals surface area contributed by atoms with Crippen LogP contribution in [-0.4, -0.2) is 41.9 Å². The first kappa shape index (κ1) is 7.94. The highest BCUT2D eigenvalue weighted by molar-refractivity contribution is 4.87. The van der Waals surface area contributed by atoms with Crippen LogP contribution in [0.3, 0.4) is 0 Å². The number of aliphatic hydroxyl groups is 2. The molecule has 4 nitrogen and oxygen atoms in total. The summed E-state index contributed by atoms with van der Waals surface area (Å²) in [6.45, 7) is 3.45. The third-order valence-electron chi connectivity index (χ3n) is 1.55. The lowest BCUT2D eigenvalue weighted by Crippen LogP contribution is -2.32. The van der Waals surface area contributed by atoms with Crippen molar-refractivity contribution in [2.75, 3.05) is 7.11 Å². The molecular weight excluding hydrogens is 136 g/mol. The van der Waals surface area contributed by atoms with Crippen molar-refractivity contribution in [2.45, 2.75) is 24.6 Å². The summed E-state index contributed by atoms with van der Waals surface area (Å²) in [6.07, 6.45) is -3.25. The zero-order valence-corrected chi connectivity index (χ0v) is 5.73. The summed E-state index contributed by atoms with van der Waals surface area (Å²) in [4.78, 5) is 0. The molecule has 2 N–H and O–H groups in total. The van der Waals surface area contributed by atoms with Crippen LogP contribution in [0.25, 0.3) is 0 Å². The van der Waals surface area contributed by atoms with Crippen molar-refractivity contribution in [3.05, 3.63) is 6.92 Å². The standard InChI is InChI=1S/C6H11O4/c1-3-4(7)5(8)6(9-2)10-3/h3-8H,1H2,2H3/t3-,4-,5-,6?/m1/s1. The van der Waals surface area contributed by atoms with Gasteiger partial charge in [-0.2, -0.15) is 0 Å². The molecule has 1 heterocycles. The number of hydrogen-bond donors (Lipinski definition) is 2. The molecule has 1 saturated heterocycles. The molecule has 1 radical (unpaired) electrons. The normalized spacial score (nSPS) is 48.0. The van der Waals surface area contributed by atoms with E-state index in [1.54, 1.807) is 0 Å². The summed E-state index contributed by atoms with van der Waals surface area (Å²) in [5.41, 5.74) is 0. The van der Waals surface area contributed by atoms with E-state index in [0.29, 0.717) is 0 Å². The number of rotatable bonds is 1. The van der Waals surface area contributed by atoms with Crippen LogP contribution < -0.4 is 0 Å².